The molecule has 1 saturated heterocycles. The molecular weight excluding hydrogens is 363 g/mol. The Hall–Kier alpha value is -2.96. The number of nitro benzene ring substituents is 1. The van der Waals surface area contributed by atoms with Crippen LogP contribution in [-0.2, 0) is 11.2 Å². The van der Waals surface area contributed by atoms with Gasteiger partial charge in [-0.3, -0.25) is 14.9 Å². The van der Waals surface area contributed by atoms with Crippen molar-refractivity contribution in [1.29, 1.82) is 0 Å². The van der Waals surface area contributed by atoms with E-state index in [-0.39, 0.29) is 17.3 Å². The molecule has 0 aliphatic carbocycles. The van der Waals surface area contributed by atoms with E-state index >= 15 is 0 Å². The van der Waals surface area contributed by atoms with Crippen LogP contribution in [0, 0.1) is 21.8 Å². The largest absolute Gasteiger partial charge is 0.474 e. The number of carbonyl (C=O) groups excluding carboxylic acids is 1. The molecule has 2 aromatic carbocycles. The minimum absolute atomic E-state index is 0.232. The highest BCUT2D eigenvalue weighted by molar-refractivity contribution is 5.81. The molecule has 2 aromatic rings. The monoisotopic (exact) mass is 386 g/mol. The van der Waals surface area contributed by atoms with E-state index in [4.69, 9.17) is 4.74 Å². The van der Waals surface area contributed by atoms with Gasteiger partial charge in [-0.1, -0.05) is 30.3 Å². The summed E-state index contributed by atoms with van der Waals surface area (Å²) < 4.78 is 18.9. The molecule has 1 atom stereocenters. The maximum Gasteiger partial charge on any atom is 0.311 e. The van der Waals surface area contributed by atoms with E-state index in [9.17, 15) is 19.3 Å². The molecule has 0 saturated carbocycles. The lowest BCUT2D eigenvalue weighted by molar-refractivity contribution is -0.386. The molecule has 1 aliphatic heterocycles. The number of rotatable bonds is 6. The predicted molar refractivity (Wildman–Crippen MR) is 103 cm³/mol. The fourth-order valence-electron chi connectivity index (χ4n) is 3.54. The molecule has 0 aromatic heterocycles. The fraction of sp³-hybridized carbons (Fsp3) is 0.381. The van der Waals surface area contributed by atoms with Crippen LogP contribution in [0.15, 0.2) is 48.5 Å². The summed E-state index contributed by atoms with van der Waals surface area (Å²) >= 11 is 0. The highest BCUT2D eigenvalue weighted by Gasteiger charge is 2.28. The number of hydrogen-bond donors (Lipinski definition) is 0. The summed E-state index contributed by atoms with van der Waals surface area (Å²) in [4.78, 5) is 24.8. The lowest BCUT2D eigenvalue weighted by Crippen LogP contribution is -2.45. The molecule has 1 fully saturated rings. The van der Waals surface area contributed by atoms with Crippen LogP contribution in [0.5, 0.6) is 5.75 Å². The average Bonchev–Trinajstić information content (AvgIpc) is 2.68. The number of carbonyl (C=O) groups is 1. The van der Waals surface area contributed by atoms with Gasteiger partial charge >= 0.3 is 5.69 Å². The average molecular weight is 386 g/mol. The Morgan fingerprint density at radius 2 is 1.93 bits per heavy atom. The summed E-state index contributed by atoms with van der Waals surface area (Å²) in [6, 6.07) is 13.2. The molecule has 0 N–H and O–H groups in total. The van der Waals surface area contributed by atoms with Crippen molar-refractivity contribution < 1.29 is 18.8 Å². The summed E-state index contributed by atoms with van der Waals surface area (Å²) in [5.74, 6) is -0.601. The van der Waals surface area contributed by atoms with E-state index in [1.165, 1.54) is 12.5 Å². The van der Waals surface area contributed by atoms with E-state index < -0.39 is 16.8 Å². The third-order valence-electron chi connectivity index (χ3n) is 5.06. The van der Waals surface area contributed by atoms with Crippen molar-refractivity contribution >= 4 is 11.6 Å². The molecule has 0 bridgehead atoms. The highest BCUT2D eigenvalue weighted by atomic mass is 19.1. The summed E-state index contributed by atoms with van der Waals surface area (Å²) in [5, 5.41) is 11.1. The number of ether oxygens (including phenoxy) is 1. The summed E-state index contributed by atoms with van der Waals surface area (Å²) in [6.45, 7) is 2.78. The molecule has 0 radical (unpaired) electrons. The first-order valence-corrected chi connectivity index (χ1v) is 9.37. The van der Waals surface area contributed by atoms with Crippen molar-refractivity contribution in [2.24, 2.45) is 5.92 Å². The van der Waals surface area contributed by atoms with Crippen LogP contribution in [0.4, 0.5) is 10.1 Å². The number of benzene rings is 2. The van der Waals surface area contributed by atoms with Gasteiger partial charge in [0.25, 0.3) is 5.91 Å². The van der Waals surface area contributed by atoms with Crippen LogP contribution < -0.4 is 4.74 Å². The normalized spacial score (nSPS) is 15.9. The number of piperidine rings is 1. The highest BCUT2D eigenvalue weighted by Crippen LogP contribution is 2.29. The molecule has 7 heteroatoms. The van der Waals surface area contributed by atoms with Gasteiger partial charge in [-0.2, -0.15) is 0 Å². The molecule has 6 nitrogen and oxygen atoms in total. The molecule has 1 amide bonds. The topological polar surface area (TPSA) is 72.7 Å². The number of hydrogen-bond acceptors (Lipinski definition) is 4. The zero-order valence-electron chi connectivity index (χ0n) is 15.7. The second-order valence-electron chi connectivity index (χ2n) is 7.09. The lowest BCUT2D eigenvalue weighted by Gasteiger charge is -2.33. The SMILES string of the molecule is CC(Oc1cc(F)ccc1[N+](=O)[O-])C(=O)N1CCC(Cc2ccccc2)CC1. The summed E-state index contributed by atoms with van der Waals surface area (Å²) in [7, 11) is 0. The zero-order chi connectivity index (χ0) is 20.1. The van der Waals surface area contributed by atoms with Gasteiger partial charge in [0.1, 0.15) is 5.82 Å². The zero-order valence-corrected chi connectivity index (χ0v) is 15.7. The van der Waals surface area contributed by atoms with Crippen molar-refractivity contribution in [1.82, 2.24) is 4.90 Å². The van der Waals surface area contributed by atoms with Crippen LogP contribution in [0.1, 0.15) is 25.3 Å². The number of halogens is 1. The van der Waals surface area contributed by atoms with Crippen molar-refractivity contribution in [2.75, 3.05) is 13.1 Å². The molecular formula is C21H23FN2O4. The summed E-state index contributed by atoms with van der Waals surface area (Å²) in [6.07, 6.45) is 1.86. The smallest absolute Gasteiger partial charge is 0.311 e. The third kappa shape index (κ3) is 4.85. The maximum atomic E-state index is 13.4. The molecule has 3 rings (SSSR count). The first-order chi connectivity index (χ1) is 13.4. The Morgan fingerprint density at radius 3 is 2.57 bits per heavy atom. The fourth-order valence-corrected chi connectivity index (χ4v) is 3.54. The Morgan fingerprint density at radius 1 is 1.25 bits per heavy atom. The molecule has 0 spiro atoms. The van der Waals surface area contributed by atoms with Crippen molar-refractivity contribution in [3.8, 4) is 5.75 Å². The number of likely N-dealkylation sites (tertiary alicyclic amines) is 1. The molecule has 1 unspecified atom stereocenters. The number of nitro groups is 1. The van der Waals surface area contributed by atoms with E-state index in [0.717, 1.165) is 37.5 Å². The van der Waals surface area contributed by atoms with Crippen LogP contribution in [0.2, 0.25) is 0 Å². The maximum absolute atomic E-state index is 13.4. The van der Waals surface area contributed by atoms with Gasteiger partial charge in [-0.05, 0) is 43.7 Å². The van der Waals surface area contributed by atoms with Crippen LogP contribution in [0.25, 0.3) is 0 Å². The van der Waals surface area contributed by atoms with Gasteiger partial charge in [0, 0.05) is 25.2 Å². The van der Waals surface area contributed by atoms with Gasteiger partial charge < -0.3 is 9.64 Å². The van der Waals surface area contributed by atoms with Crippen molar-refractivity contribution in [3.05, 3.63) is 70.0 Å². The number of amides is 1. The van der Waals surface area contributed by atoms with E-state index in [0.29, 0.717) is 19.0 Å². The third-order valence-corrected chi connectivity index (χ3v) is 5.06. The Balaban J connectivity index is 1.56. The van der Waals surface area contributed by atoms with Crippen molar-refractivity contribution in [3.63, 3.8) is 0 Å². The molecule has 28 heavy (non-hydrogen) atoms. The van der Waals surface area contributed by atoms with Gasteiger partial charge in [0.2, 0.25) is 5.75 Å². The first kappa shape index (κ1) is 19.8. The minimum Gasteiger partial charge on any atom is -0.474 e. The second kappa shape index (κ2) is 8.82. The standard InChI is InChI=1S/C21H23FN2O4/c1-15(28-20-14-18(22)7-8-19(20)24(26)27)21(25)23-11-9-17(10-12-23)13-16-5-3-2-4-6-16/h2-8,14-15,17H,9-13H2,1H3. The van der Waals surface area contributed by atoms with Gasteiger partial charge in [-0.25, -0.2) is 4.39 Å². The predicted octanol–water partition coefficient (Wildman–Crippen LogP) is 3.98. The molecule has 1 heterocycles. The minimum atomic E-state index is -0.925. The van der Waals surface area contributed by atoms with E-state index in [1.54, 1.807) is 4.90 Å². The van der Waals surface area contributed by atoms with Gasteiger partial charge in [0.05, 0.1) is 4.92 Å². The number of nitrogens with zero attached hydrogens (tertiary/aromatic N) is 2. The quantitative estimate of drug-likeness (QED) is 0.556. The van der Waals surface area contributed by atoms with Gasteiger partial charge in [-0.15, -0.1) is 0 Å². The lowest BCUT2D eigenvalue weighted by atomic mass is 9.90. The van der Waals surface area contributed by atoms with Crippen LogP contribution in [0.3, 0.4) is 0 Å². The van der Waals surface area contributed by atoms with Crippen LogP contribution in [-0.4, -0.2) is 34.9 Å². The Kier molecular flexibility index (Phi) is 6.23. The van der Waals surface area contributed by atoms with Crippen LogP contribution >= 0.6 is 0 Å². The first-order valence-electron chi connectivity index (χ1n) is 9.37. The van der Waals surface area contributed by atoms with E-state index in [2.05, 4.69) is 12.1 Å². The van der Waals surface area contributed by atoms with Crippen molar-refractivity contribution in [2.45, 2.75) is 32.3 Å². The Bertz CT molecular complexity index is 836. The van der Waals surface area contributed by atoms with Gasteiger partial charge in [0.15, 0.2) is 6.10 Å². The second-order valence-corrected chi connectivity index (χ2v) is 7.09. The summed E-state index contributed by atoms with van der Waals surface area (Å²) in [5.41, 5.74) is 0.935. The molecule has 1 aliphatic rings. The molecule has 148 valence electrons. The Labute approximate surface area is 163 Å². The van der Waals surface area contributed by atoms with E-state index in [1.807, 2.05) is 18.2 Å².